The normalized spacial score (nSPS) is 17.9. The molecular weight excluding hydrogens is 206 g/mol. The van der Waals surface area contributed by atoms with E-state index in [9.17, 15) is 4.79 Å². The van der Waals surface area contributed by atoms with Gasteiger partial charge in [-0.15, -0.1) is 0 Å². The van der Waals surface area contributed by atoms with Crippen molar-refractivity contribution in [2.45, 2.75) is 19.4 Å². The number of hydrogen-bond donors (Lipinski definition) is 1. The Morgan fingerprint density at radius 3 is 2.75 bits per heavy atom. The van der Waals surface area contributed by atoms with Crippen LogP contribution in [0.5, 0.6) is 5.75 Å². The first-order chi connectivity index (χ1) is 7.74. The van der Waals surface area contributed by atoms with E-state index in [-0.39, 0.29) is 5.91 Å². The zero-order valence-electron chi connectivity index (χ0n) is 9.23. The summed E-state index contributed by atoms with van der Waals surface area (Å²) in [6, 6.07) is 7.34. The minimum Gasteiger partial charge on any atom is -0.493 e. The first kappa shape index (κ1) is 11.0. The summed E-state index contributed by atoms with van der Waals surface area (Å²) in [4.78, 5) is 10.8. The molecule has 0 bridgehead atoms. The van der Waals surface area contributed by atoms with Crippen LogP contribution in [-0.2, 0) is 9.53 Å². The summed E-state index contributed by atoms with van der Waals surface area (Å²) in [7, 11) is 0. The Kier molecular flexibility index (Phi) is 3.41. The molecule has 1 aliphatic heterocycles. The Bertz CT molecular complexity index is 357. The van der Waals surface area contributed by atoms with Gasteiger partial charge in [-0.05, 0) is 24.3 Å². The van der Waals surface area contributed by atoms with Gasteiger partial charge in [0.2, 0.25) is 5.91 Å². The molecule has 1 saturated heterocycles. The summed E-state index contributed by atoms with van der Waals surface area (Å²) in [5, 5.41) is 2.70. The summed E-state index contributed by atoms with van der Waals surface area (Å²) in [5.74, 6) is 0.745. The van der Waals surface area contributed by atoms with E-state index in [2.05, 4.69) is 5.32 Å². The van der Waals surface area contributed by atoms with E-state index in [1.54, 1.807) is 0 Å². The molecule has 2 rings (SSSR count). The highest BCUT2D eigenvalue weighted by molar-refractivity contribution is 5.88. The standard InChI is InChI=1S/C12H15NO3/c1-9(14)13-10-2-4-11(5-3-10)15-7-6-12-8-16-12/h2-5,12H,6-8H2,1H3,(H,13,14)/t12-/m0/s1. The zero-order valence-corrected chi connectivity index (χ0v) is 9.23. The van der Waals surface area contributed by atoms with Crippen LogP contribution in [-0.4, -0.2) is 25.2 Å². The molecule has 1 aromatic carbocycles. The molecule has 0 unspecified atom stereocenters. The number of amides is 1. The SMILES string of the molecule is CC(=O)Nc1ccc(OCC[C@H]2CO2)cc1. The van der Waals surface area contributed by atoms with Gasteiger partial charge in [-0.1, -0.05) is 0 Å². The minimum atomic E-state index is -0.0699. The van der Waals surface area contributed by atoms with Gasteiger partial charge in [0.1, 0.15) is 5.75 Å². The Morgan fingerprint density at radius 2 is 2.19 bits per heavy atom. The van der Waals surface area contributed by atoms with E-state index in [0.717, 1.165) is 24.5 Å². The van der Waals surface area contributed by atoms with Gasteiger partial charge in [0.15, 0.2) is 0 Å². The molecule has 1 atom stereocenters. The largest absolute Gasteiger partial charge is 0.493 e. The topological polar surface area (TPSA) is 50.9 Å². The van der Waals surface area contributed by atoms with Crippen molar-refractivity contribution >= 4 is 11.6 Å². The summed E-state index contributed by atoms with van der Waals surface area (Å²) >= 11 is 0. The van der Waals surface area contributed by atoms with Crippen LogP contribution in [0, 0.1) is 0 Å². The van der Waals surface area contributed by atoms with Crippen LogP contribution < -0.4 is 10.1 Å². The molecule has 1 heterocycles. The summed E-state index contributed by atoms with van der Waals surface area (Å²) in [6.45, 7) is 3.02. The van der Waals surface area contributed by atoms with Crippen LogP contribution in [0.2, 0.25) is 0 Å². The van der Waals surface area contributed by atoms with Crippen LogP contribution in [0.4, 0.5) is 5.69 Å². The average Bonchev–Trinajstić information content (AvgIpc) is 3.04. The molecule has 1 aromatic rings. The number of nitrogens with one attached hydrogen (secondary N) is 1. The number of benzene rings is 1. The van der Waals surface area contributed by atoms with Gasteiger partial charge in [-0.2, -0.15) is 0 Å². The molecule has 16 heavy (non-hydrogen) atoms. The highest BCUT2D eigenvalue weighted by Crippen LogP contribution is 2.18. The van der Waals surface area contributed by atoms with Crippen molar-refractivity contribution in [2.75, 3.05) is 18.5 Å². The molecule has 1 aliphatic rings. The quantitative estimate of drug-likeness (QED) is 0.771. The first-order valence-electron chi connectivity index (χ1n) is 5.36. The molecule has 4 heteroatoms. The fourth-order valence-electron chi connectivity index (χ4n) is 1.38. The maximum atomic E-state index is 10.8. The minimum absolute atomic E-state index is 0.0699. The second kappa shape index (κ2) is 4.99. The van der Waals surface area contributed by atoms with Gasteiger partial charge in [0.25, 0.3) is 0 Å². The van der Waals surface area contributed by atoms with Crippen LogP contribution in [0.3, 0.4) is 0 Å². The van der Waals surface area contributed by atoms with Crippen molar-refractivity contribution in [3.63, 3.8) is 0 Å². The number of carbonyl (C=O) groups excluding carboxylic acids is 1. The van der Waals surface area contributed by atoms with Gasteiger partial charge in [-0.3, -0.25) is 4.79 Å². The number of hydrogen-bond acceptors (Lipinski definition) is 3. The van der Waals surface area contributed by atoms with Crippen molar-refractivity contribution in [1.29, 1.82) is 0 Å². The molecule has 1 N–H and O–H groups in total. The van der Waals surface area contributed by atoms with Crippen LogP contribution in [0.15, 0.2) is 24.3 Å². The molecule has 0 aliphatic carbocycles. The van der Waals surface area contributed by atoms with Crippen molar-refractivity contribution in [1.82, 2.24) is 0 Å². The van der Waals surface area contributed by atoms with Gasteiger partial charge < -0.3 is 14.8 Å². The van der Waals surface area contributed by atoms with Crippen molar-refractivity contribution in [3.8, 4) is 5.75 Å². The van der Waals surface area contributed by atoms with Crippen LogP contribution in [0.25, 0.3) is 0 Å². The van der Waals surface area contributed by atoms with E-state index in [1.807, 2.05) is 24.3 Å². The Labute approximate surface area is 94.6 Å². The van der Waals surface area contributed by atoms with Crippen LogP contribution in [0.1, 0.15) is 13.3 Å². The monoisotopic (exact) mass is 221 g/mol. The predicted octanol–water partition coefficient (Wildman–Crippen LogP) is 1.81. The lowest BCUT2D eigenvalue weighted by atomic mass is 10.3. The third kappa shape index (κ3) is 3.55. The fourth-order valence-corrected chi connectivity index (χ4v) is 1.38. The molecule has 4 nitrogen and oxygen atoms in total. The molecular formula is C12H15NO3. The Morgan fingerprint density at radius 1 is 1.50 bits per heavy atom. The van der Waals surface area contributed by atoms with Gasteiger partial charge in [0, 0.05) is 19.0 Å². The zero-order chi connectivity index (χ0) is 11.4. The van der Waals surface area contributed by atoms with Crippen molar-refractivity contribution < 1.29 is 14.3 Å². The molecule has 1 amide bonds. The molecule has 0 saturated carbocycles. The smallest absolute Gasteiger partial charge is 0.221 e. The predicted molar refractivity (Wildman–Crippen MR) is 60.6 cm³/mol. The molecule has 86 valence electrons. The highest BCUT2D eigenvalue weighted by atomic mass is 16.6. The fraction of sp³-hybridized carbons (Fsp3) is 0.417. The molecule has 0 spiro atoms. The molecule has 1 fully saturated rings. The van der Waals surface area contributed by atoms with E-state index in [1.165, 1.54) is 6.92 Å². The van der Waals surface area contributed by atoms with Crippen molar-refractivity contribution in [3.05, 3.63) is 24.3 Å². The Hall–Kier alpha value is -1.55. The van der Waals surface area contributed by atoms with E-state index in [4.69, 9.17) is 9.47 Å². The number of rotatable bonds is 5. The van der Waals surface area contributed by atoms with E-state index in [0.29, 0.717) is 12.7 Å². The number of carbonyl (C=O) groups is 1. The van der Waals surface area contributed by atoms with E-state index < -0.39 is 0 Å². The molecule has 0 aromatic heterocycles. The number of anilines is 1. The summed E-state index contributed by atoms with van der Waals surface area (Å²) in [5.41, 5.74) is 0.783. The summed E-state index contributed by atoms with van der Waals surface area (Å²) < 4.78 is 10.6. The number of ether oxygens (including phenoxy) is 2. The third-order valence-electron chi connectivity index (χ3n) is 2.29. The first-order valence-corrected chi connectivity index (χ1v) is 5.36. The second-order valence-electron chi connectivity index (χ2n) is 3.80. The maximum absolute atomic E-state index is 10.8. The lowest BCUT2D eigenvalue weighted by Gasteiger charge is -2.06. The highest BCUT2D eigenvalue weighted by Gasteiger charge is 2.21. The lowest BCUT2D eigenvalue weighted by Crippen LogP contribution is -2.05. The van der Waals surface area contributed by atoms with Gasteiger partial charge in [0.05, 0.1) is 19.3 Å². The third-order valence-corrected chi connectivity index (χ3v) is 2.29. The van der Waals surface area contributed by atoms with E-state index >= 15 is 0 Å². The average molecular weight is 221 g/mol. The number of epoxide rings is 1. The van der Waals surface area contributed by atoms with Crippen molar-refractivity contribution in [2.24, 2.45) is 0 Å². The maximum Gasteiger partial charge on any atom is 0.221 e. The van der Waals surface area contributed by atoms with Crippen LogP contribution >= 0.6 is 0 Å². The summed E-state index contributed by atoms with van der Waals surface area (Å²) in [6.07, 6.45) is 1.34. The molecule has 0 radical (unpaired) electrons. The Balaban J connectivity index is 1.78. The lowest BCUT2D eigenvalue weighted by molar-refractivity contribution is -0.114. The van der Waals surface area contributed by atoms with Gasteiger partial charge in [-0.25, -0.2) is 0 Å². The second-order valence-corrected chi connectivity index (χ2v) is 3.80. The van der Waals surface area contributed by atoms with Gasteiger partial charge >= 0.3 is 0 Å².